The van der Waals surface area contributed by atoms with E-state index in [1.165, 1.54) is 36.4 Å². The molecule has 0 amide bonds. The standard InChI is InChI=1S/C16H10O6/c17-10-4-1-8(2-5-10)15-14(19)13(18)11-7-9(16(20)21)3-6-12(11)22-15/h1-7,17,19H,(H,20,21). The van der Waals surface area contributed by atoms with Gasteiger partial charge in [0, 0.05) is 5.56 Å². The SMILES string of the molecule is O=C(O)c1ccc2oc(-c3ccc(O)cc3)c(O)c(=O)c2c1. The van der Waals surface area contributed by atoms with Crippen LogP contribution >= 0.6 is 0 Å². The van der Waals surface area contributed by atoms with Gasteiger partial charge in [0.2, 0.25) is 11.2 Å². The Hall–Kier alpha value is -3.28. The van der Waals surface area contributed by atoms with Gasteiger partial charge in [-0.3, -0.25) is 4.79 Å². The molecule has 0 radical (unpaired) electrons. The molecule has 3 N–H and O–H groups in total. The Morgan fingerprint density at radius 3 is 2.32 bits per heavy atom. The van der Waals surface area contributed by atoms with Gasteiger partial charge in [-0.2, -0.15) is 0 Å². The molecule has 0 saturated heterocycles. The summed E-state index contributed by atoms with van der Waals surface area (Å²) in [6.45, 7) is 0. The first kappa shape index (κ1) is 13.7. The van der Waals surface area contributed by atoms with Crippen molar-refractivity contribution < 1.29 is 24.5 Å². The number of hydrogen-bond acceptors (Lipinski definition) is 5. The molecule has 0 spiro atoms. The highest BCUT2D eigenvalue weighted by molar-refractivity contribution is 5.93. The zero-order valence-corrected chi connectivity index (χ0v) is 11.1. The van der Waals surface area contributed by atoms with E-state index in [0.717, 1.165) is 6.07 Å². The van der Waals surface area contributed by atoms with Crippen molar-refractivity contribution in [1.29, 1.82) is 0 Å². The lowest BCUT2D eigenvalue weighted by atomic mass is 10.1. The molecular weight excluding hydrogens is 288 g/mol. The predicted octanol–water partition coefficient (Wildman–Crippen LogP) is 2.57. The van der Waals surface area contributed by atoms with Crippen LogP contribution in [0.1, 0.15) is 10.4 Å². The van der Waals surface area contributed by atoms with Crippen LogP contribution in [0.25, 0.3) is 22.3 Å². The quantitative estimate of drug-likeness (QED) is 0.671. The molecule has 6 nitrogen and oxygen atoms in total. The molecule has 0 aliphatic rings. The normalized spacial score (nSPS) is 10.7. The molecule has 22 heavy (non-hydrogen) atoms. The number of carboxylic acid groups (broad SMARTS) is 1. The molecule has 3 aromatic rings. The molecule has 0 aliphatic heterocycles. The van der Waals surface area contributed by atoms with E-state index in [9.17, 15) is 19.8 Å². The second-order valence-corrected chi connectivity index (χ2v) is 4.67. The molecule has 3 rings (SSSR count). The van der Waals surface area contributed by atoms with E-state index in [0.29, 0.717) is 5.56 Å². The Balaban J connectivity index is 2.28. The second-order valence-electron chi connectivity index (χ2n) is 4.67. The molecule has 0 unspecified atom stereocenters. The van der Waals surface area contributed by atoms with Gasteiger partial charge in [0.05, 0.1) is 10.9 Å². The number of carboxylic acids is 1. The summed E-state index contributed by atoms with van der Waals surface area (Å²) >= 11 is 0. The minimum absolute atomic E-state index is 0.0140. The van der Waals surface area contributed by atoms with Crippen LogP contribution < -0.4 is 5.43 Å². The van der Waals surface area contributed by atoms with Crippen LogP contribution in [0.4, 0.5) is 0 Å². The molecule has 0 aliphatic carbocycles. The van der Waals surface area contributed by atoms with Gasteiger partial charge in [-0.15, -0.1) is 0 Å². The van der Waals surface area contributed by atoms with Crippen molar-refractivity contribution in [3.63, 3.8) is 0 Å². The van der Waals surface area contributed by atoms with Crippen molar-refractivity contribution in [2.75, 3.05) is 0 Å². The molecule has 1 heterocycles. The van der Waals surface area contributed by atoms with Crippen molar-refractivity contribution in [3.05, 3.63) is 58.3 Å². The minimum Gasteiger partial charge on any atom is -0.508 e. The first-order chi connectivity index (χ1) is 10.5. The maximum Gasteiger partial charge on any atom is 0.335 e. The molecule has 110 valence electrons. The highest BCUT2D eigenvalue weighted by Gasteiger charge is 2.16. The first-order valence-electron chi connectivity index (χ1n) is 6.30. The van der Waals surface area contributed by atoms with E-state index in [2.05, 4.69) is 0 Å². The maximum atomic E-state index is 12.2. The van der Waals surface area contributed by atoms with Crippen LogP contribution in [0.2, 0.25) is 0 Å². The molecule has 1 aromatic heterocycles. The van der Waals surface area contributed by atoms with E-state index in [4.69, 9.17) is 9.52 Å². The van der Waals surface area contributed by atoms with Crippen molar-refractivity contribution >= 4 is 16.9 Å². The van der Waals surface area contributed by atoms with Crippen molar-refractivity contribution in [3.8, 4) is 22.8 Å². The summed E-state index contributed by atoms with van der Waals surface area (Å²) in [5.41, 5.74) is -0.212. The number of phenols is 1. The van der Waals surface area contributed by atoms with Gasteiger partial charge in [-0.1, -0.05) is 0 Å². The number of rotatable bonds is 2. The summed E-state index contributed by atoms with van der Waals surface area (Å²) in [6, 6.07) is 9.60. The van der Waals surface area contributed by atoms with Gasteiger partial charge in [0.1, 0.15) is 11.3 Å². The highest BCUT2D eigenvalue weighted by atomic mass is 16.4. The fourth-order valence-corrected chi connectivity index (χ4v) is 2.13. The second kappa shape index (κ2) is 4.92. The van der Waals surface area contributed by atoms with Gasteiger partial charge < -0.3 is 19.7 Å². The Labute approximate surface area is 123 Å². The van der Waals surface area contributed by atoms with Crippen molar-refractivity contribution in [2.24, 2.45) is 0 Å². The summed E-state index contributed by atoms with van der Waals surface area (Å²) < 4.78 is 5.51. The van der Waals surface area contributed by atoms with Crippen LogP contribution in [-0.4, -0.2) is 21.3 Å². The smallest absolute Gasteiger partial charge is 0.335 e. The first-order valence-corrected chi connectivity index (χ1v) is 6.30. The number of fused-ring (bicyclic) bond motifs is 1. The fraction of sp³-hybridized carbons (Fsp3) is 0. The van der Waals surface area contributed by atoms with Gasteiger partial charge in [-0.25, -0.2) is 4.79 Å². The topological polar surface area (TPSA) is 108 Å². The summed E-state index contributed by atoms with van der Waals surface area (Å²) in [4.78, 5) is 23.2. The lowest BCUT2D eigenvalue weighted by Crippen LogP contribution is -2.05. The Kier molecular flexibility index (Phi) is 3.06. The van der Waals surface area contributed by atoms with Gasteiger partial charge in [0.15, 0.2) is 5.76 Å². The Bertz CT molecular complexity index is 937. The lowest BCUT2D eigenvalue weighted by Gasteiger charge is -2.06. The zero-order valence-electron chi connectivity index (χ0n) is 11.1. The molecule has 6 heteroatoms. The van der Waals surface area contributed by atoms with Crippen molar-refractivity contribution in [1.82, 2.24) is 0 Å². The lowest BCUT2D eigenvalue weighted by molar-refractivity contribution is 0.0697. The number of aromatic carboxylic acids is 1. The summed E-state index contributed by atoms with van der Waals surface area (Å²) in [5.74, 6) is -1.79. The fourth-order valence-electron chi connectivity index (χ4n) is 2.13. The van der Waals surface area contributed by atoms with E-state index in [-0.39, 0.29) is 28.0 Å². The molecule has 0 bridgehead atoms. The molecular formula is C16H10O6. The van der Waals surface area contributed by atoms with E-state index in [1.807, 2.05) is 0 Å². The predicted molar refractivity (Wildman–Crippen MR) is 78.2 cm³/mol. The summed E-state index contributed by atoms with van der Waals surface area (Å²) in [5, 5.41) is 28.2. The number of benzene rings is 2. The Morgan fingerprint density at radius 1 is 1.00 bits per heavy atom. The van der Waals surface area contributed by atoms with Crippen LogP contribution in [0.15, 0.2) is 51.7 Å². The Morgan fingerprint density at radius 2 is 1.68 bits per heavy atom. The third-order valence-corrected chi connectivity index (χ3v) is 3.24. The van der Waals surface area contributed by atoms with Crippen LogP contribution in [-0.2, 0) is 0 Å². The monoisotopic (exact) mass is 298 g/mol. The largest absolute Gasteiger partial charge is 0.508 e. The number of hydrogen-bond donors (Lipinski definition) is 3. The van der Waals surface area contributed by atoms with Gasteiger partial charge in [-0.05, 0) is 42.5 Å². The van der Waals surface area contributed by atoms with E-state index in [1.54, 1.807) is 0 Å². The molecule has 2 aromatic carbocycles. The van der Waals surface area contributed by atoms with Crippen molar-refractivity contribution in [2.45, 2.75) is 0 Å². The summed E-state index contributed by atoms with van der Waals surface area (Å²) in [7, 11) is 0. The van der Waals surface area contributed by atoms with Gasteiger partial charge >= 0.3 is 5.97 Å². The number of carbonyl (C=O) groups is 1. The average molecular weight is 298 g/mol. The number of phenolic OH excluding ortho intramolecular Hbond substituents is 1. The third-order valence-electron chi connectivity index (χ3n) is 3.24. The van der Waals surface area contributed by atoms with E-state index < -0.39 is 17.1 Å². The van der Waals surface area contributed by atoms with Crippen LogP contribution in [0, 0.1) is 0 Å². The summed E-state index contributed by atoms with van der Waals surface area (Å²) in [6.07, 6.45) is 0. The third kappa shape index (κ3) is 2.16. The van der Waals surface area contributed by atoms with Crippen LogP contribution in [0.3, 0.4) is 0 Å². The van der Waals surface area contributed by atoms with Gasteiger partial charge in [0.25, 0.3) is 0 Å². The number of aromatic hydroxyl groups is 2. The molecule has 0 saturated carbocycles. The highest BCUT2D eigenvalue weighted by Crippen LogP contribution is 2.31. The molecule has 0 fully saturated rings. The minimum atomic E-state index is -1.18. The van der Waals surface area contributed by atoms with Crippen LogP contribution in [0.5, 0.6) is 11.5 Å². The zero-order chi connectivity index (χ0) is 15.9. The maximum absolute atomic E-state index is 12.2. The molecule has 0 atom stereocenters. The average Bonchev–Trinajstić information content (AvgIpc) is 2.51. The van der Waals surface area contributed by atoms with E-state index >= 15 is 0 Å².